The molecule has 6 nitrogen and oxygen atoms in total. The van der Waals surface area contributed by atoms with Crippen molar-refractivity contribution in [3.8, 4) is 0 Å². The van der Waals surface area contributed by atoms with Crippen molar-refractivity contribution in [2.24, 2.45) is 0 Å². The molecule has 1 aliphatic carbocycles. The van der Waals surface area contributed by atoms with E-state index in [2.05, 4.69) is 71.9 Å². The maximum Gasteiger partial charge on any atom is 0.201 e. The molecule has 0 spiro atoms. The van der Waals surface area contributed by atoms with Gasteiger partial charge in [0.15, 0.2) is 5.82 Å². The number of benzene rings is 1. The van der Waals surface area contributed by atoms with E-state index in [-0.39, 0.29) is 11.5 Å². The minimum Gasteiger partial charge on any atom is -0.378 e. The van der Waals surface area contributed by atoms with Crippen LogP contribution < -0.4 is 10.6 Å². The van der Waals surface area contributed by atoms with Crippen molar-refractivity contribution in [3.63, 3.8) is 0 Å². The SMILES string of the molecule is CC(C)c1nnc2c(NCc3ccccc3)cc(NC3(C)CCCC3)nn12. The lowest BCUT2D eigenvalue weighted by Crippen LogP contribution is -2.31. The number of nitrogens with one attached hydrogen (secondary N) is 2. The van der Waals surface area contributed by atoms with Gasteiger partial charge in [-0.05, 0) is 25.3 Å². The number of nitrogens with zero attached hydrogens (tertiary/aromatic N) is 4. The normalized spacial score (nSPS) is 16.1. The third-order valence-corrected chi connectivity index (χ3v) is 5.37. The fraction of sp³-hybridized carbons (Fsp3) is 0.476. The Balaban J connectivity index is 1.69. The number of hydrogen-bond acceptors (Lipinski definition) is 5. The van der Waals surface area contributed by atoms with Gasteiger partial charge in [0.2, 0.25) is 5.65 Å². The Morgan fingerprint density at radius 2 is 1.85 bits per heavy atom. The van der Waals surface area contributed by atoms with E-state index >= 15 is 0 Å². The maximum atomic E-state index is 4.82. The first-order chi connectivity index (χ1) is 13.0. The molecule has 2 aromatic heterocycles. The van der Waals surface area contributed by atoms with Crippen LogP contribution in [0.5, 0.6) is 0 Å². The zero-order valence-corrected chi connectivity index (χ0v) is 16.4. The van der Waals surface area contributed by atoms with Gasteiger partial charge in [0, 0.05) is 24.1 Å². The van der Waals surface area contributed by atoms with Crippen molar-refractivity contribution in [2.75, 3.05) is 10.6 Å². The van der Waals surface area contributed by atoms with Crippen LogP contribution in [0, 0.1) is 0 Å². The summed E-state index contributed by atoms with van der Waals surface area (Å²) in [5.74, 6) is 2.02. The zero-order valence-electron chi connectivity index (χ0n) is 16.4. The van der Waals surface area contributed by atoms with Crippen molar-refractivity contribution in [1.29, 1.82) is 0 Å². The highest BCUT2D eigenvalue weighted by Crippen LogP contribution is 2.33. The van der Waals surface area contributed by atoms with Crippen molar-refractivity contribution >= 4 is 17.2 Å². The third-order valence-electron chi connectivity index (χ3n) is 5.37. The number of anilines is 2. The number of aromatic nitrogens is 4. The zero-order chi connectivity index (χ0) is 18.9. The van der Waals surface area contributed by atoms with Crippen molar-refractivity contribution in [1.82, 2.24) is 19.8 Å². The summed E-state index contributed by atoms with van der Waals surface area (Å²) in [6, 6.07) is 12.5. The van der Waals surface area contributed by atoms with Gasteiger partial charge in [0.05, 0.1) is 5.69 Å². The summed E-state index contributed by atoms with van der Waals surface area (Å²) in [5.41, 5.74) is 3.08. The van der Waals surface area contributed by atoms with Gasteiger partial charge in [-0.3, -0.25) is 0 Å². The predicted octanol–water partition coefficient (Wildman–Crippen LogP) is 4.60. The Morgan fingerprint density at radius 1 is 1.11 bits per heavy atom. The molecule has 6 heteroatoms. The van der Waals surface area contributed by atoms with E-state index in [4.69, 9.17) is 5.10 Å². The number of hydrogen-bond donors (Lipinski definition) is 2. The fourth-order valence-corrected chi connectivity index (χ4v) is 3.83. The largest absolute Gasteiger partial charge is 0.378 e. The second kappa shape index (κ2) is 7.18. The highest BCUT2D eigenvalue weighted by atomic mass is 15.4. The lowest BCUT2D eigenvalue weighted by Gasteiger charge is -2.26. The van der Waals surface area contributed by atoms with Gasteiger partial charge in [-0.1, -0.05) is 57.0 Å². The first-order valence-electron chi connectivity index (χ1n) is 9.86. The first kappa shape index (κ1) is 17.8. The maximum absolute atomic E-state index is 4.82. The Labute approximate surface area is 160 Å². The second-order valence-corrected chi connectivity index (χ2v) is 8.12. The summed E-state index contributed by atoms with van der Waals surface area (Å²) >= 11 is 0. The van der Waals surface area contributed by atoms with Crippen LogP contribution in [-0.4, -0.2) is 25.4 Å². The molecule has 0 amide bonds. The van der Waals surface area contributed by atoms with Crippen molar-refractivity contribution < 1.29 is 0 Å². The van der Waals surface area contributed by atoms with Crippen LogP contribution in [0.3, 0.4) is 0 Å². The van der Waals surface area contributed by atoms with Gasteiger partial charge in [-0.25, -0.2) is 0 Å². The number of rotatable bonds is 6. The highest BCUT2D eigenvalue weighted by Gasteiger charge is 2.29. The second-order valence-electron chi connectivity index (χ2n) is 8.12. The highest BCUT2D eigenvalue weighted by molar-refractivity contribution is 5.70. The summed E-state index contributed by atoms with van der Waals surface area (Å²) < 4.78 is 1.89. The molecular formula is C21H28N6. The summed E-state index contributed by atoms with van der Waals surface area (Å²) in [4.78, 5) is 0. The molecule has 0 radical (unpaired) electrons. The smallest absolute Gasteiger partial charge is 0.201 e. The molecule has 2 heterocycles. The van der Waals surface area contributed by atoms with E-state index in [1.54, 1.807) is 0 Å². The van der Waals surface area contributed by atoms with Crippen LogP contribution in [0.2, 0.25) is 0 Å². The molecule has 0 saturated heterocycles. The third kappa shape index (κ3) is 3.75. The van der Waals surface area contributed by atoms with E-state index in [0.717, 1.165) is 29.5 Å². The van der Waals surface area contributed by atoms with Gasteiger partial charge in [-0.15, -0.1) is 15.3 Å². The molecule has 0 atom stereocenters. The van der Waals surface area contributed by atoms with E-state index in [0.29, 0.717) is 0 Å². The molecule has 1 aromatic carbocycles. The van der Waals surface area contributed by atoms with E-state index in [9.17, 15) is 0 Å². The van der Waals surface area contributed by atoms with Crippen LogP contribution in [0.1, 0.15) is 63.8 Å². The van der Waals surface area contributed by atoms with Crippen LogP contribution in [0.4, 0.5) is 11.5 Å². The monoisotopic (exact) mass is 364 g/mol. The Kier molecular flexibility index (Phi) is 4.72. The van der Waals surface area contributed by atoms with Crippen molar-refractivity contribution in [2.45, 2.75) is 64.5 Å². The van der Waals surface area contributed by atoms with E-state index < -0.39 is 0 Å². The van der Waals surface area contributed by atoms with Crippen LogP contribution >= 0.6 is 0 Å². The molecule has 0 aliphatic heterocycles. The molecule has 1 aliphatic rings. The summed E-state index contributed by atoms with van der Waals surface area (Å²) in [6.45, 7) is 7.26. The molecule has 1 fully saturated rings. The van der Waals surface area contributed by atoms with Crippen LogP contribution in [-0.2, 0) is 6.54 Å². The van der Waals surface area contributed by atoms with Gasteiger partial charge in [0.1, 0.15) is 5.82 Å². The Bertz CT molecular complexity index is 909. The van der Waals surface area contributed by atoms with Gasteiger partial charge < -0.3 is 10.6 Å². The molecular weight excluding hydrogens is 336 g/mol. The minimum atomic E-state index is 0.114. The van der Waals surface area contributed by atoms with Gasteiger partial charge >= 0.3 is 0 Å². The standard InChI is InChI=1S/C21H28N6/c1-15(2)19-24-25-20-17(22-14-16-9-5-4-6-10-16)13-18(26-27(19)20)23-21(3)11-7-8-12-21/h4-6,9-10,13,15,22H,7-8,11-12,14H2,1-3H3,(H,23,26). The van der Waals surface area contributed by atoms with E-state index in [1.807, 2.05) is 10.6 Å². The van der Waals surface area contributed by atoms with Crippen LogP contribution in [0.15, 0.2) is 36.4 Å². The summed E-state index contributed by atoms with van der Waals surface area (Å²) in [7, 11) is 0. The summed E-state index contributed by atoms with van der Waals surface area (Å²) in [5, 5.41) is 20.8. The molecule has 0 unspecified atom stereocenters. The van der Waals surface area contributed by atoms with Gasteiger partial charge in [-0.2, -0.15) is 4.52 Å². The molecule has 3 aromatic rings. The van der Waals surface area contributed by atoms with E-state index in [1.165, 1.54) is 31.2 Å². The van der Waals surface area contributed by atoms with Crippen molar-refractivity contribution in [3.05, 3.63) is 47.8 Å². The Hall–Kier alpha value is -2.63. The summed E-state index contributed by atoms with van der Waals surface area (Å²) in [6.07, 6.45) is 4.90. The Morgan fingerprint density at radius 3 is 2.56 bits per heavy atom. The number of fused-ring (bicyclic) bond motifs is 1. The quantitative estimate of drug-likeness (QED) is 0.669. The topological polar surface area (TPSA) is 67.1 Å². The fourth-order valence-electron chi connectivity index (χ4n) is 3.83. The molecule has 1 saturated carbocycles. The molecule has 27 heavy (non-hydrogen) atoms. The lowest BCUT2D eigenvalue weighted by atomic mass is 10.0. The molecule has 4 rings (SSSR count). The first-order valence-corrected chi connectivity index (χ1v) is 9.86. The van der Waals surface area contributed by atoms with Crippen LogP contribution in [0.25, 0.3) is 5.65 Å². The molecule has 0 bridgehead atoms. The predicted molar refractivity (Wildman–Crippen MR) is 109 cm³/mol. The average molecular weight is 364 g/mol. The average Bonchev–Trinajstić information content (AvgIpc) is 3.27. The lowest BCUT2D eigenvalue weighted by molar-refractivity contribution is 0.529. The molecule has 142 valence electrons. The molecule has 2 N–H and O–H groups in total. The minimum absolute atomic E-state index is 0.114. The van der Waals surface area contributed by atoms with Gasteiger partial charge in [0.25, 0.3) is 0 Å².